The van der Waals surface area contributed by atoms with Crippen LogP contribution in [0.1, 0.15) is 14.8 Å². The predicted octanol–water partition coefficient (Wildman–Crippen LogP) is 0.862. The molecule has 0 aliphatic carbocycles. The summed E-state index contributed by atoms with van der Waals surface area (Å²) in [5.74, 6) is 0. The van der Waals surface area contributed by atoms with Crippen LogP contribution in [0.15, 0.2) is 0 Å². The third-order valence-corrected chi connectivity index (χ3v) is 0.500. The maximum absolute atomic E-state index is 3.02. The van der Waals surface area contributed by atoms with Crippen LogP contribution < -0.4 is 5.32 Å². The van der Waals surface area contributed by atoms with Crippen molar-refractivity contribution in [3.63, 3.8) is 0 Å². The van der Waals surface area contributed by atoms with Gasteiger partial charge in [0.05, 0.1) is 0 Å². The maximum Gasteiger partial charge on any atom is 0 e. The fraction of sp³-hybridized carbons (Fsp3) is 1.00. The Hall–Kier alpha value is -0.0400. The van der Waals surface area contributed by atoms with Crippen molar-refractivity contribution in [2.75, 3.05) is 13.6 Å². The first kappa shape index (κ1) is 4.96. The minimum absolute atomic E-state index is 0. The predicted molar refractivity (Wildman–Crippen MR) is 26.3 cm³/mol. The van der Waals surface area contributed by atoms with Crippen molar-refractivity contribution < 1.29 is 1.43 Å². The van der Waals surface area contributed by atoms with Gasteiger partial charge >= 0.3 is 0 Å². The Morgan fingerprint density at radius 2 is 2.40 bits per heavy atom. The molecule has 0 saturated carbocycles. The van der Waals surface area contributed by atoms with Crippen molar-refractivity contribution in [1.82, 2.24) is 5.32 Å². The molecule has 0 fully saturated rings. The van der Waals surface area contributed by atoms with Gasteiger partial charge in [0, 0.05) is 1.43 Å². The second-order valence-corrected chi connectivity index (χ2v) is 1.10. The minimum atomic E-state index is 0. The Bertz CT molecular complexity index is 15.0. The summed E-state index contributed by atoms with van der Waals surface area (Å²) in [6, 6.07) is 0. The Balaban J connectivity index is 0. The Labute approximate surface area is 34.9 Å². The summed E-state index contributed by atoms with van der Waals surface area (Å²) in [6.07, 6.45) is 1.23. The lowest BCUT2D eigenvalue weighted by atomic mass is 10.5. The topological polar surface area (TPSA) is 12.0 Å². The normalized spacial score (nSPS) is 8.40. The maximum atomic E-state index is 3.02. The summed E-state index contributed by atoms with van der Waals surface area (Å²) < 4.78 is 0. The summed E-state index contributed by atoms with van der Waals surface area (Å²) in [6.45, 7) is 3.29. The van der Waals surface area contributed by atoms with Crippen LogP contribution in [-0.2, 0) is 0 Å². The zero-order valence-corrected chi connectivity index (χ0v) is 3.91. The highest BCUT2D eigenvalue weighted by atomic mass is 14.8. The lowest BCUT2D eigenvalue weighted by Crippen LogP contribution is -2.04. The first-order valence-corrected chi connectivity index (χ1v) is 2.06. The standard InChI is InChI=1S/C4H11N.H2/c1-3-4-5-2;/h5H,3-4H2,1-2H3;1H. The molecule has 0 bridgehead atoms. The van der Waals surface area contributed by atoms with Crippen molar-refractivity contribution in [2.45, 2.75) is 13.3 Å². The van der Waals surface area contributed by atoms with Gasteiger partial charge in [-0.1, -0.05) is 6.92 Å². The number of hydrogen-bond acceptors (Lipinski definition) is 1. The van der Waals surface area contributed by atoms with E-state index in [0.717, 1.165) is 6.54 Å². The van der Waals surface area contributed by atoms with Gasteiger partial charge in [0.15, 0.2) is 0 Å². The van der Waals surface area contributed by atoms with Crippen molar-refractivity contribution >= 4 is 0 Å². The van der Waals surface area contributed by atoms with E-state index >= 15 is 0 Å². The third kappa shape index (κ3) is 3.96. The van der Waals surface area contributed by atoms with Gasteiger partial charge < -0.3 is 5.32 Å². The average Bonchev–Trinajstić information content (AvgIpc) is 1.41. The second kappa shape index (κ2) is 3.96. The summed E-state index contributed by atoms with van der Waals surface area (Å²) in [7, 11) is 1.96. The van der Waals surface area contributed by atoms with E-state index in [2.05, 4.69) is 12.2 Å². The van der Waals surface area contributed by atoms with E-state index in [9.17, 15) is 0 Å². The molecule has 1 N–H and O–H groups in total. The molecule has 0 unspecified atom stereocenters. The van der Waals surface area contributed by atoms with E-state index in [4.69, 9.17) is 0 Å². The van der Waals surface area contributed by atoms with Crippen LogP contribution in [-0.4, -0.2) is 13.6 Å². The molecule has 5 heavy (non-hydrogen) atoms. The first-order valence-electron chi connectivity index (χ1n) is 2.06. The van der Waals surface area contributed by atoms with Gasteiger partial charge in [0.1, 0.15) is 0 Å². The molecule has 1 nitrogen and oxygen atoms in total. The van der Waals surface area contributed by atoms with Crippen molar-refractivity contribution in [3.8, 4) is 0 Å². The van der Waals surface area contributed by atoms with Crippen LogP contribution in [0.2, 0.25) is 0 Å². The van der Waals surface area contributed by atoms with Gasteiger partial charge in [0.2, 0.25) is 0 Å². The van der Waals surface area contributed by atoms with Gasteiger partial charge in [-0.3, -0.25) is 0 Å². The molecule has 0 aromatic rings. The van der Waals surface area contributed by atoms with Crippen molar-refractivity contribution in [3.05, 3.63) is 0 Å². The SMILES string of the molecule is CCCNC.[HH]. The lowest BCUT2D eigenvalue weighted by Gasteiger charge is -1.84. The molecule has 0 saturated heterocycles. The van der Waals surface area contributed by atoms with E-state index in [-0.39, 0.29) is 1.43 Å². The molecular formula is C4H13N. The molecule has 0 heterocycles. The summed E-state index contributed by atoms with van der Waals surface area (Å²) >= 11 is 0. The molecule has 0 spiro atoms. The zero-order valence-electron chi connectivity index (χ0n) is 3.91. The van der Waals surface area contributed by atoms with Crippen LogP contribution in [0.25, 0.3) is 0 Å². The minimum Gasteiger partial charge on any atom is -0.320 e. The molecule has 0 aromatic heterocycles. The van der Waals surface area contributed by atoms with Gasteiger partial charge in [-0.25, -0.2) is 0 Å². The first-order chi connectivity index (χ1) is 2.41. The van der Waals surface area contributed by atoms with Crippen LogP contribution in [0.4, 0.5) is 0 Å². The second-order valence-electron chi connectivity index (χ2n) is 1.10. The number of hydrogen-bond donors (Lipinski definition) is 1. The molecule has 0 aliphatic rings. The number of nitrogens with one attached hydrogen (secondary N) is 1. The van der Waals surface area contributed by atoms with Crippen molar-refractivity contribution in [2.24, 2.45) is 0 Å². The zero-order chi connectivity index (χ0) is 4.12. The highest BCUT2D eigenvalue weighted by Crippen LogP contribution is 1.62. The Morgan fingerprint density at radius 1 is 1.80 bits per heavy atom. The van der Waals surface area contributed by atoms with E-state index in [1.807, 2.05) is 7.05 Å². The molecule has 1 heteroatoms. The molecule has 0 amide bonds. The summed E-state index contributed by atoms with van der Waals surface area (Å²) in [4.78, 5) is 0. The molecule has 0 atom stereocenters. The molecule has 0 radical (unpaired) electrons. The molecule has 0 aliphatic heterocycles. The molecule has 0 aromatic carbocycles. The smallest absolute Gasteiger partial charge is 0 e. The van der Waals surface area contributed by atoms with Crippen LogP contribution in [0.3, 0.4) is 0 Å². The Kier molecular flexibility index (Phi) is 3.93. The largest absolute Gasteiger partial charge is 0.320 e. The highest BCUT2D eigenvalue weighted by molar-refractivity contribution is 4.28. The quantitative estimate of drug-likeness (QED) is 0.513. The highest BCUT2D eigenvalue weighted by Gasteiger charge is 1.64. The van der Waals surface area contributed by atoms with Crippen LogP contribution in [0, 0.1) is 0 Å². The van der Waals surface area contributed by atoms with Gasteiger partial charge in [-0.05, 0) is 20.0 Å². The van der Waals surface area contributed by atoms with E-state index in [0.29, 0.717) is 0 Å². The van der Waals surface area contributed by atoms with Gasteiger partial charge in [-0.2, -0.15) is 0 Å². The fourth-order valence-corrected chi connectivity index (χ4v) is 0.250. The lowest BCUT2D eigenvalue weighted by molar-refractivity contribution is 0.772. The van der Waals surface area contributed by atoms with E-state index in [1.54, 1.807) is 0 Å². The van der Waals surface area contributed by atoms with E-state index in [1.165, 1.54) is 6.42 Å². The summed E-state index contributed by atoms with van der Waals surface area (Å²) in [5.41, 5.74) is 0. The average molecular weight is 75.2 g/mol. The number of rotatable bonds is 2. The van der Waals surface area contributed by atoms with Crippen LogP contribution in [0.5, 0.6) is 0 Å². The van der Waals surface area contributed by atoms with Crippen molar-refractivity contribution in [1.29, 1.82) is 0 Å². The molecular weight excluding hydrogens is 62.1 g/mol. The van der Waals surface area contributed by atoms with Gasteiger partial charge in [-0.15, -0.1) is 0 Å². The summed E-state index contributed by atoms with van der Waals surface area (Å²) in [5, 5.41) is 3.02. The molecule has 34 valence electrons. The van der Waals surface area contributed by atoms with E-state index < -0.39 is 0 Å². The van der Waals surface area contributed by atoms with Gasteiger partial charge in [0.25, 0.3) is 0 Å². The third-order valence-electron chi connectivity index (χ3n) is 0.500. The monoisotopic (exact) mass is 75.1 g/mol. The van der Waals surface area contributed by atoms with Crippen LogP contribution >= 0.6 is 0 Å². The fourth-order valence-electron chi connectivity index (χ4n) is 0.250. The molecule has 0 rings (SSSR count). The Morgan fingerprint density at radius 3 is 2.40 bits per heavy atom.